The second kappa shape index (κ2) is 4.77. The zero-order valence-electron chi connectivity index (χ0n) is 10.9. The molecule has 0 unspecified atom stereocenters. The summed E-state index contributed by atoms with van der Waals surface area (Å²) in [5.74, 6) is -0.961. The minimum absolute atomic E-state index is 0.243. The largest absolute Gasteiger partial charge is 0.478 e. The topological polar surface area (TPSA) is 63.1 Å². The highest BCUT2D eigenvalue weighted by Gasteiger charge is 2.12. The van der Waals surface area contributed by atoms with Crippen molar-refractivity contribution in [2.75, 3.05) is 0 Å². The minimum Gasteiger partial charge on any atom is -0.478 e. The quantitative estimate of drug-likeness (QED) is 0.706. The van der Waals surface area contributed by atoms with Crippen LogP contribution in [0.25, 0.3) is 22.2 Å². The summed E-state index contributed by atoms with van der Waals surface area (Å²) in [6.07, 6.45) is 3.15. The molecule has 3 rings (SSSR count). The molecule has 2 aromatic heterocycles. The van der Waals surface area contributed by atoms with Gasteiger partial charge in [0.1, 0.15) is 7.85 Å². The van der Waals surface area contributed by atoms with Gasteiger partial charge in [-0.3, -0.25) is 4.98 Å². The van der Waals surface area contributed by atoms with E-state index in [9.17, 15) is 9.90 Å². The maximum absolute atomic E-state index is 11.4. The molecular weight excluding hydrogens is 251 g/mol. The van der Waals surface area contributed by atoms with E-state index in [-0.39, 0.29) is 5.56 Å². The number of aromatic carboxylic acids is 1. The molecule has 0 saturated carbocycles. The summed E-state index contributed by atoms with van der Waals surface area (Å²) in [6, 6.07) is 11.1. The second-order valence-electron chi connectivity index (χ2n) is 4.62. The van der Waals surface area contributed by atoms with E-state index in [0.717, 1.165) is 11.0 Å². The van der Waals surface area contributed by atoms with Gasteiger partial charge in [0.2, 0.25) is 0 Å². The summed E-state index contributed by atoms with van der Waals surface area (Å²) >= 11 is 0. The van der Waals surface area contributed by atoms with E-state index in [1.165, 1.54) is 0 Å². The van der Waals surface area contributed by atoms with E-state index in [1.807, 2.05) is 32.1 Å². The van der Waals surface area contributed by atoms with E-state index in [1.54, 1.807) is 24.5 Å². The summed E-state index contributed by atoms with van der Waals surface area (Å²) in [7, 11) is 2.00. The number of benzene rings is 1. The fourth-order valence-corrected chi connectivity index (χ4v) is 2.13. The van der Waals surface area contributed by atoms with Crippen LogP contribution in [0.4, 0.5) is 0 Å². The molecule has 4 nitrogen and oxygen atoms in total. The number of carbonyl (C=O) groups is 1. The third-order valence-corrected chi connectivity index (χ3v) is 3.19. The van der Waals surface area contributed by atoms with Crippen molar-refractivity contribution in [3.63, 3.8) is 0 Å². The van der Waals surface area contributed by atoms with Crippen LogP contribution in [0.5, 0.6) is 0 Å². The first-order valence-electron chi connectivity index (χ1n) is 6.20. The SMILES string of the molecule is Bc1ccc(-c2cc(C(=O)O)c3ccncc3n2)cc1. The van der Waals surface area contributed by atoms with Crippen LogP contribution in [-0.4, -0.2) is 28.9 Å². The van der Waals surface area contributed by atoms with Crippen LogP contribution in [-0.2, 0) is 0 Å². The van der Waals surface area contributed by atoms with Crippen LogP contribution >= 0.6 is 0 Å². The Bertz CT molecular complexity index is 801. The number of aromatic nitrogens is 2. The first kappa shape index (κ1) is 12.4. The molecule has 0 atom stereocenters. The van der Waals surface area contributed by atoms with E-state index in [0.29, 0.717) is 16.6 Å². The van der Waals surface area contributed by atoms with Crippen molar-refractivity contribution in [3.05, 3.63) is 54.4 Å². The fraction of sp³-hybridized carbons (Fsp3) is 0. The first-order valence-corrected chi connectivity index (χ1v) is 6.20. The first-order chi connectivity index (χ1) is 9.65. The number of carboxylic acid groups (broad SMARTS) is 1. The number of fused-ring (bicyclic) bond motifs is 1. The number of hydrogen-bond acceptors (Lipinski definition) is 3. The van der Waals surface area contributed by atoms with Gasteiger partial charge in [0, 0.05) is 17.1 Å². The van der Waals surface area contributed by atoms with Crippen molar-refractivity contribution in [2.24, 2.45) is 0 Å². The van der Waals surface area contributed by atoms with Crippen LogP contribution in [0, 0.1) is 0 Å². The molecule has 5 heteroatoms. The van der Waals surface area contributed by atoms with Crippen molar-refractivity contribution < 1.29 is 9.90 Å². The van der Waals surface area contributed by atoms with Gasteiger partial charge in [-0.1, -0.05) is 29.7 Å². The van der Waals surface area contributed by atoms with Crippen LogP contribution in [0.2, 0.25) is 0 Å². The Balaban J connectivity index is 2.27. The molecule has 1 aromatic carbocycles. The van der Waals surface area contributed by atoms with Crippen LogP contribution in [0.3, 0.4) is 0 Å². The van der Waals surface area contributed by atoms with Gasteiger partial charge in [0.05, 0.1) is 23.0 Å². The lowest BCUT2D eigenvalue weighted by Gasteiger charge is -2.07. The molecule has 2 heterocycles. The normalized spacial score (nSPS) is 10.6. The van der Waals surface area contributed by atoms with E-state index < -0.39 is 5.97 Å². The molecule has 0 aliphatic heterocycles. The van der Waals surface area contributed by atoms with E-state index in [4.69, 9.17) is 0 Å². The third-order valence-electron chi connectivity index (χ3n) is 3.19. The van der Waals surface area contributed by atoms with Crippen LogP contribution in [0.1, 0.15) is 10.4 Å². The molecule has 0 spiro atoms. The number of rotatable bonds is 2. The highest BCUT2D eigenvalue weighted by Crippen LogP contribution is 2.23. The van der Waals surface area contributed by atoms with Gasteiger partial charge in [-0.15, -0.1) is 0 Å². The Labute approximate surface area is 116 Å². The lowest BCUT2D eigenvalue weighted by molar-refractivity contribution is 0.0699. The third kappa shape index (κ3) is 2.14. The predicted molar refractivity (Wildman–Crippen MR) is 80.1 cm³/mol. The lowest BCUT2D eigenvalue weighted by atomic mass is 9.94. The smallest absolute Gasteiger partial charge is 0.336 e. The maximum atomic E-state index is 11.4. The molecule has 0 aliphatic rings. The Morgan fingerprint density at radius 2 is 1.90 bits per heavy atom. The molecular formula is C15H11BN2O2. The van der Waals surface area contributed by atoms with Crippen LogP contribution < -0.4 is 5.46 Å². The van der Waals surface area contributed by atoms with Crippen molar-refractivity contribution >= 4 is 30.2 Å². The number of carboxylic acids is 1. The summed E-state index contributed by atoms with van der Waals surface area (Å²) in [5, 5.41) is 9.95. The number of nitrogens with zero attached hydrogens (tertiary/aromatic N) is 2. The minimum atomic E-state index is -0.961. The summed E-state index contributed by atoms with van der Waals surface area (Å²) in [5.41, 5.74) is 3.51. The highest BCUT2D eigenvalue weighted by atomic mass is 16.4. The predicted octanol–water partition coefficient (Wildman–Crippen LogP) is 1.25. The summed E-state index contributed by atoms with van der Waals surface area (Å²) in [4.78, 5) is 19.9. The Kier molecular flexibility index (Phi) is 2.95. The van der Waals surface area contributed by atoms with Crippen molar-refractivity contribution in [3.8, 4) is 11.3 Å². The van der Waals surface area contributed by atoms with Gasteiger partial charge in [-0.25, -0.2) is 9.78 Å². The molecule has 1 N–H and O–H groups in total. The standard InChI is InChI=1S/C15H11BN2O2/c16-10-3-1-9(2-4-10)13-7-12(15(19)20)11-5-6-17-8-14(11)18-13/h1-8H,16H2,(H,19,20). The van der Waals surface area contributed by atoms with Gasteiger partial charge < -0.3 is 5.11 Å². The Hall–Kier alpha value is -2.69. The van der Waals surface area contributed by atoms with Gasteiger partial charge in [0.25, 0.3) is 0 Å². The average Bonchev–Trinajstić information content (AvgIpc) is 2.46. The fourth-order valence-electron chi connectivity index (χ4n) is 2.13. The van der Waals surface area contributed by atoms with Crippen molar-refractivity contribution in [1.82, 2.24) is 9.97 Å². The Morgan fingerprint density at radius 3 is 2.60 bits per heavy atom. The molecule has 0 amide bonds. The summed E-state index contributed by atoms with van der Waals surface area (Å²) < 4.78 is 0. The van der Waals surface area contributed by atoms with Gasteiger partial charge in [0.15, 0.2) is 0 Å². The summed E-state index contributed by atoms with van der Waals surface area (Å²) in [6.45, 7) is 0. The molecule has 0 saturated heterocycles. The highest BCUT2D eigenvalue weighted by molar-refractivity contribution is 6.32. The van der Waals surface area contributed by atoms with Gasteiger partial charge >= 0.3 is 5.97 Å². The number of hydrogen-bond donors (Lipinski definition) is 1. The average molecular weight is 262 g/mol. The lowest BCUT2D eigenvalue weighted by Crippen LogP contribution is -2.02. The van der Waals surface area contributed by atoms with E-state index >= 15 is 0 Å². The van der Waals surface area contributed by atoms with Gasteiger partial charge in [-0.2, -0.15) is 0 Å². The van der Waals surface area contributed by atoms with Crippen LogP contribution in [0.15, 0.2) is 48.8 Å². The molecule has 96 valence electrons. The molecule has 0 aliphatic carbocycles. The molecule has 0 radical (unpaired) electrons. The monoisotopic (exact) mass is 262 g/mol. The zero-order valence-corrected chi connectivity index (χ0v) is 10.9. The van der Waals surface area contributed by atoms with E-state index in [2.05, 4.69) is 9.97 Å². The molecule has 0 bridgehead atoms. The second-order valence-corrected chi connectivity index (χ2v) is 4.62. The van der Waals surface area contributed by atoms with Gasteiger partial charge in [-0.05, 0) is 12.1 Å². The Morgan fingerprint density at radius 1 is 1.15 bits per heavy atom. The molecule has 20 heavy (non-hydrogen) atoms. The molecule has 3 aromatic rings. The maximum Gasteiger partial charge on any atom is 0.336 e. The zero-order chi connectivity index (χ0) is 14.1. The number of pyridine rings is 2. The van der Waals surface area contributed by atoms with Crippen molar-refractivity contribution in [1.29, 1.82) is 0 Å². The molecule has 0 fully saturated rings. The van der Waals surface area contributed by atoms with Crippen molar-refractivity contribution in [2.45, 2.75) is 0 Å².